The molecule has 13 heteroatoms. The molecule has 0 aromatic heterocycles. The number of hydrogen-bond acceptors (Lipinski definition) is 7. The second-order valence-corrected chi connectivity index (χ2v) is 12.2. The van der Waals surface area contributed by atoms with Gasteiger partial charge in [-0.3, -0.25) is 10.2 Å². The summed E-state index contributed by atoms with van der Waals surface area (Å²) in [6.07, 6.45) is -1.20. The van der Waals surface area contributed by atoms with Gasteiger partial charge < -0.3 is 19.9 Å². The molecule has 0 spiro atoms. The van der Waals surface area contributed by atoms with Crippen molar-refractivity contribution in [3.63, 3.8) is 0 Å². The maximum absolute atomic E-state index is 15.9. The van der Waals surface area contributed by atoms with Crippen LogP contribution in [0.5, 0.6) is 11.5 Å². The third-order valence-electron chi connectivity index (χ3n) is 7.00. The quantitative estimate of drug-likeness (QED) is 0.169. The second-order valence-electron chi connectivity index (χ2n) is 9.88. The van der Waals surface area contributed by atoms with E-state index in [1.807, 2.05) is 0 Å². The summed E-state index contributed by atoms with van der Waals surface area (Å²) < 4.78 is 61.3. The van der Waals surface area contributed by atoms with Gasteiger partial charge in [-0.15, -0.1) is 0 Å². The molecule has 1 amide bonds. The topological polar surface area (TPSA) is 135 Å². The summed E-state index contributed by atoms with van der Waals surface area (Å²) in [7, 11) is -2.38. The molecule has 1 unspecified atom stereocenters. The number of amidine groups is 1. The van der Waals surface area contributed by atoms with E-state index in [1.54, 1.807) is 61.5 Å². The lowest BCUT2D eigenvalue weighted by Crippen LogP contribution is -2.41. The van der Waals surface area contributed by atoms with Gasteiger partial charge in [0.05, 0.1) is 18.0 Å². The fourth-order valence-corrected chi connectivity index (χ4v) is 6.46. The van der Waals surface area contributed by atoms with Crippen LogP contribution in [0.3, 0.4) is 0 Å². The lowest BCUT2D eigenvalue weighted by molar-refractivity contribution is -0.138. The van der Waals surface area contributed by atoms with Crippen LogP contribution in [0.2, 0.25) is 0 Å². The van der Waals surface area contributed by atoms with Crippen LogP contribution in [0.4, 0.5) is 4.39 Å². The van der Waals surface area contributed by atoms with E-state index in [-0.39, 0.29) is 54.0 Å². The van der Waals surface area contributed by atoms with Crippen LogP contribution in [0.1, 0.15) is 42.6 Å². The van der Waals surface area contributed by atoms with Crippen molar-refractivity contribution in [2.75, 3.05) is 26.8 Å². The number of nitrogen functional groups attached to an aromatic ring is 1. The monoisotopic (exact) mass is 632 g/mol. The third kappa shape index (κ3) is 7.63. The molecule has 1 atom stereocenters. The van der Waals surface area contributed by atoms with Crippen molar-refractivity contribution in [3.8, 4) is 11.5 Å². The first-order chi connectivity index (χ1) is 20.5. The first-order valence-electron chi connectivity index (χ1n) is 13.7. The van der Waals surface area contributed by atoms with Crippen LogP contribution < -0.4 is 15.2 Å². The van der Waals surface area contributed by atoms with E-state index in [0.29, 0.717) is 24.0 Å². The first-order valence-corrected chi connectivity index (χ1v) is 15.4. The first kappa shape index (κ1) is 32.2. The predicted octanol–water partition coefficient (Wildman–Crippen LogP) is 4.61. The normalized spacial score (nSPS) is 15.1. The Morgan fingerprint density at radius 1 is 1.14 bits per heavy atom. The van der Waals surface area contributed by atoms with Gasteiger partial charge in [-0.05, 0) is 43.5 Å². The zero-order chi connectivity index (χ0) is 31.1. The number of amides is 1. The van der Waals surface area contributed by atoms with E-state index in [1.165, 1.54) is 23.5 Å². The molecule has 3 N–H and O–H groups in total. The maximum Gasteiger partial charge on any atom is 0.271 e. The number of piperidine rings is 1. The zero-order valence-corrected chi connectivity index (χ0v) is 25.4. The molecule has 0 bridgehead atoms. The fourth-order valence-electron chi connectivity index (χ4n) is 4.75. The molecule has 43 heavy (non-hydrogen) atoms. The molecular formula is C30H34ClFN4O6S. The molecular weight excluding hydrogens is 599 g/mol. The van der Waals surface area contributed by atoms with Gasteiger partial charge in [0.2, 0.25) is 10.0 Å². The largest absolute Gasteiger partial charge is 0.494 e. The summed E-state index contributed by atoms with van der Waals surface area (Å²) in [6.45, 7) is 2.44. The van der Waals surface area contributed by atoms with Crippen molar-refractivity contribution < 1.29 is 31.8 Å². The molecule has 230 valence electrons. The van der Waals surface area contributed by atoms with Crippen LogP contribution in [0.15, 0.2) is 71.6 Å². The minimum atomic E-state index is -3.65. The van der Waals surface area contributed by atoms with Crippen LogP contribution in [-0.4, -0.2) is 61.8 Å². The van der Waals surface area contributed by atoms with Crippen LogP contribution >= 0.6 is 11.8 Å². The van der Waals surface area contributed by atoms with Crippen LogP contribution in [0, 0.1) is 11.2 Å². The lowest BCUT2D eigenvalue weighted by atomic mass is 10.1. The molecule has 1 heterocycles. The van der Waals surface area contributed by atoms with Crippen molar-refractivity contribution in [2.24, 2.45) is 5.73 Å². The number of rotatable bonds is 12. The van der Waals surface area contributed by atoms with Gasteiger partial charge in [0.15, 0.2) is 17.7 Å². The summed E-state index contributed by atoms with van der Waals surface area (Å²) in [5.74, 6) is -1.47. The SMILES string of the molecule is CCOc1cc(OC2CCN(S(=O)(=O)c3ccccc3)CC2)c(F)c(C(OC)C(=O)N(Cl)Cc2ccc(C(=N)N)cc2)c1. The highest BCUT2D eigenvalue weighted by molar-refractivity contribution is 7.89. The number of nitrogens with one attached hydrogen (secondary N) is 1. The molecule has 10 nitrogen and oxygen atoms in total. The van der Waals surface area contributed by atoms with Crippen LogP contribution in [-0.2, 0) is 26.1 Å². The molecule has 0 aliphatic carbocycles. The standard InChI is InChI=1S/C30H34ClFN4O6S/c1-3-41-23-17-25(28(40-2)30(37)36(31)19-20-9-11-21(12-10-20)29(33)34)27(32)26(18-23)42-22-13-15-35(16-14-22)43(38,39)24-7-5-4-6-8-24/h4-12,17-18,22,28H,3,13-16,19H2,1-2H3,(H3,33,34). The van der Waals surface area contributed by atoms with Gasteiger partial charge in [-0.2, -0.15) is 4.31 Å². The van der Waals surface area contributed by atoms with Crippen molar-refractivity contribution in [1.29, 1.82) is 5.41 Å². The number of methoxy groups -OCH3 is 1. The number of carbonyl (C=O) groups is 1. The van der Waals surface area contributed by atoms with Gasteiger partial charge in [0, 0.05) is 49.2 Å². The lowest BCUT2D eigenvalue weighted by Gasteiger charge is -2.32. The highest BCUT2D eigenvalue weighted by Crippen LogP contribution is 2.35. The fraction of sp³-hybridized carbons (Fsp3) is 0.333. The molecule has 3 aromatic rings. The molecule has 4 rings (SSSR count). The van der Waals surface area contributed by atoms with Crippen LogP contribution in [0.25, 0.3) is 0 Å². The van der Waals surface area contributed by atoms with E-state index < -0.39 is 34.0 Å². The number of hydrogen-bond donors (Lipinski definition) is 2. The van der Waals surface area contributed by atoms with Crippen molar-refractivity contribution >= 4 is 33.5 Å². The average molecular weight is 633 g/mol. The Morgan fingerprint density at radius 3 is 2.37 bits per heavy atom. The molecule has 1 aliphatic rings. The Kier molecular flexibility index (Phi) is 10.6. The van der Waals surface area contributed by atoms with Gasteiger partial charge in [-0.1, -0.05) is 42.5 Å². The highest BCUT2D eigenvalue weighted by atomic mass is 35.5. The zero-order valence-electron chi connectivity index (χ0n) is 23.8. The smallest absolute Gasteiger partial charge is 0.271 e. The molecule has 3 aromatic carbocycles. The third-order valence-corrected chi connectivity index (χ3v) is 9.19. The number of carbonyl (C=O) groups excluding carboxylic acids is 1. The average Bonchev–Trinajstić information content (AvgIpc) is 3.00. The number of sulfonamides is 1. The molecule has 1 saturated heterocycles. The minimum absolute atomic E-state index is 0.0149. The molecule has 1 fully saturated rings. The second kappa shape index (κ2) is 14.2. The van der Waals surface area contributed by atoms with E-state index in [4.69, 9.17) is 37.1 Å². The Hall–Kier alpha value is -3.71. The molecule has 1 aliphatic heterocycles. The Labute approximate surface area is 255 Å². The number of halogens is 2. The van der Waals surface area contributed by atoms with Crippen molar-refractivity contribution in [1.82, 2.24) is 8.72 Å². The summed E-state index contributed by atoms with van der Waals surface area (Å²) in [5, 5.41) is 7.51. The predicted molar refractivity (Wildman–Crippen MR) is 160 cm³/mol. The maximum atomic E-state index is 15.9. The van der Waals surface area contributed by atoms with Gasteiger partial charge in [-0.25, -0.2) is 17.2 Å². The summed E-state index contributed by atoms with van der Waals surface area (Å²) >= 11 is 6.33. The van der Waals surface area contributed by atoms with E-state index in [0.717, 1.165) is 4.42 Å². The highest BCUT2D eigenvalue weighted by Gasteiger charge is 2.33. The number of ether oxygens (including phenoxy) is 3. The summed E-state index contributed by atoms with van der Waals surface area (Å²) in [5.41, 5.74) is 6.57. The Balaban J connectivity index is 1.50. The molecule has 0 saturated carbocycles. The Morgan fingerprint density at radius 2 is 1.79 bits per heavy atom. The number of benzene rings is 3. The number of nitrogens with two attached hydrogens (primary N) is 1. The summed E-state index contributed by atoms with van der Waals surface area (Å²) in [6, 6.07) is 17.6. The number of nitrogens with zero attached hydrogens (tertiary/aromatic N) is 2. The Bertz CT molecular complexity index is 1530. The minimum Gasteiger partial charge on any atom is -0.494 e. The van der Waals surface area contributed by atoms with Gasteiger partial charge >= 0.3 is 0 Å². The van der Waals surface area contributed by atoms with Gasteiger partial charge in [0.1, 0.15) is 17.7 Å². The van der Waals surface area contributed by atoms with Crippen molar-refractivity contribution in [3.05, 3.63) is 89.2 Å². The summed E-state index contributed by atoms with van der Waals surface area (Å²) in [4.78, 5) is 13.5. The van der Waals surface area contributed by atoms with E-state index in [9.17, 15) is 13.2 Å². The van der Waals surface area contributed by atoms with Gasteiger partial charge in [0.25, 0.3) is 5.91 Å². The molecule has 0 radical (unpaired) electrons. The van der Waals surface area contributed by atoms with E-state index in [2.05, 4.69) is 0 Å². The van der Waals surface area contributed by atoms with E-state index >= 15 is 4.39 Å². The van der Waals surface area contributed by atoms with Crippen molar-refractivity contribution in [2.45, 2.75) is 43.4 Å².